The molecule has 0 unspecified atom stereocenters. The summed E-state index contributed by atoms with van der Waals surface area (Å²) < 4.78 is 6.71. The summed E-state index contributed by atoms with van der Waals surface area (Å²) in [5, 5.41) is 16.3. The molecule has 0 fully saturated rings. The van der Waals surface area contributed by atoms with Gasteiger partial charge in [0, 0.05) is 58.9 Å². The number of furan rings is 1. The van der Waals surface area contributed by atoms with Crippen molar-refractivity contribution in [2.75, 3.05) is 0 Å². The molecule has 0 aliphatic carbocycles. The molecule has 2 heterocycles. The van der Waals surface area contributed by atoms with Gasteiger partial charge in [0.25, 0.3) is 0 Å². The third-order valence-electron chi connectivity index (χ3n) is 13.2. The molecule has 57 heavy (non-hydrogen) atoms. The van der Waals surface area contributed by atoms with Crippen molar-refractivity contribution in [2.45, 2.75) is 122 Å². The van der Waals surface area contributed by atoms with E-state index in [1.54, 1.807) is 0 Å². The number of ketones is 1. The number of para-hydroxylation sites is 1. The van der Waals surface area contributed by atoms with Crippen molar-refractivity contribution in [1.29, 1.82) is 0 Å². The molecule has 4 aromatic carbocycles. The number of rotatable bonds is 9. The Morgan fingerprint density at radius 2 is 1.30 bits per heavy atom. The first kappa shape index (κ1) is 45.9. The Morgan fingerprint density at radius 3 is 1.86 bits per heavy atom. The van der Waals surface area contributed by atoms with Gasteiger partial charge in [-0.1, -0.05) is 163 Å². The van der Waals surface area contributed by atoms with Crippen LogP contribution in [0.1, 0.15) is 126 Å². The fourth-order valence-corrected chi connectivity index (χ4v) is 8.23. The summed E-state index contributed by atoms with van der Waals surface area (Å²) in [5.74, 6) is 1.64. The third kappa shape index (κ3) is 8.53. The molecular formula is C52H66IrNO3-. The van der Waals surface area contributed by atoms with Crippen LogP contribution in [-0.4, -0.2) is 15.9 Å². The Labute approximate surface area is 356 Å². The minimum absolute atomic E-state index is 0. The summed E-state index contributed by atoms with van der Waals surface area (Å²) in [6, 6.07) is 27.5. The summed E-state index contributed by atoms with van der Waals surface area (Å²) in [6.07, 6.45) is 1.50. The van der Waals surface area contributed by atoms with E-state index in [1.165, 1.54) is 28.2 Å². The van der Waals surface area contributed by atoms with Crippen molar-refractivity contribution >= 4 is 49.4 Å². The molecule has 2 aromatic heterocycles. The molecule has 4 nitrogen and oxygen atoms in total. The number of hydrogen-bond donors (Lipinski definition) is 1. The van der Waals surface area contributed by atoms with E-state index < -0.39 is 5.41 Å². The molecule has 0 atom stereocenters. The Hall–Kier alpha value is -3.79. The van der Waals surface area contributed by atoms with Crippen molar-refractivity contribution in [1.82, 2.24) is 4.98 Å². The summed E-state index contributed by atoms with van der Waals surface area (Å²) in [5.41, 5.74) is 7.67. The van der Waals surface area contributed by atoms with Gasteiger partial charge in [-0.2, -0.15) is 0 Å². The zero-order valence-corrected chi connectivity index (χ0v) is 39.8. The largest absolute Gasteiger partial charge is 0.512 e. The fourth-order valence-electron chi connectivity index (χ4n) is 8.23. The number of nitrogens with zero attached hydrogens (tertiary/aromatic N) is 1. The van der Waals surface area contributed by atoms with Crippen LogP contribution >= 0.6 is 0 Å². The summed E-state index contributed by atoms with van der Waals surface area (Å²) in [7, 11) is 0. The normalized spacial score (nSPS) is 13.1. The second-order valence-electron chi connectivity index (χ2n) is 19.1. The summed E-state index contributed by atoms with van der Waals surface area (Å²) in [6.45, 7) is 34.1. The van der Waals surface area contributed by atoms with E-state index in [0.717, 1.165) is 49.5 Å². The quantitative estimate of drug-likeness (QED) is 0.0891. The molecule has 0 bridgehead atoms. The van der Waals surface area contributed by atoms with Crippen LogP contribution in [0.5, 0.6) is 0 Å². The van der Waals surface area contributed by atoms with Crippen LogP contribution in [0.15, 0.2) is 83.0 Å². The SMILES string of the molecule is CC(C)C(C)(C(=O)/C=C(\O)C(C)(C(C)C)C(C)C)C(C)C.Cc1ccc2nc(-c3[c-]c4ccccc4c(C(C)(C)C)c3)c3c4cccc(C(C)C)c4oc3c2c1.[Ir]. The van der Waals surface area contributed by atoms with Crippen LogP contribution in [0.25, 0.3) is 54.9 Å². The van der Waals surface area contributed by atoms with Crippen LogP contribution in [0.4, 0.5) is 0 Å². The maximum absolute atomic E-state index is 12.8. The number of fused-ring (bicyclic) bond motifs is 6. The van der Waals surface area contributed by atoms with E-state index in [4.69, 9.17) is 9.40 Å². The predicted molar refractivity (Wildman–Crippen MR) is 240 cm³/mol. The Kier molecular flexibility index (Phi) is 13.9. The van der Waals surface area contributed by atoms with Gasteiger partial charge in [-0.15, -0.1) is 29.1 Å². The molecule has 0 saturated heterocycles. The van der Waals surface area contributed by atoms with Gasteiger partial charge < -0.3 is 9.52 Å². The molecule has 0 aliphatic rings. The third-order valence-corrected chi connectivity index (χ3v) is 13.2. The van der Waals surface area contributed by atoms with Crippen LogP contribution in [-0.2, 0) is 30.3 Å². The number of aromatic nitrogens is 1. The van der Waals surface area contributed by atoms with Crippen molar-refractivity contribution in [3.8, 4) is 11.3 Å². The second kappa shape index (κ2) is 17.2. The van der Waals surface area contributed by atoms with Crippen molar-refractivity contribution in [3.63, 3.8) is 0 Å². The topological polar surface area (TPSA) is 63.3 Å². The second-order valence-corrected chi connectivity index (χ2v) is 19.1. The maximum Gasteiger partial charge on any atom is 0.165 e. The smallest absolute Gasteiger partial charge is 0.165 e. The van der Waals surface area contributed by atoms with Gasteiger partial charge in [-0.05, 0) is 59.6 Å². The zero-order chi connectivity index (χ0) is 41.7. The van der Waals surface area contributed by atoms with Crippen molar-refractivity contribution in [2.24, 2.45) is 34.5 Å². The molecule has 6 rings (SSSR count). The number of carbonyl (C=O) groups excluding carboxylic acids is 1. The van der Waals surface area contributed by atoms with E-state index in [2.05, 4.69) is 170 Å². The van der Waals surface area contributed by atoms with Gasteiger partial charge >= 0.3 is 0 Å². The molecule has 5 heteroatoms. The van der Waals surface area contributed by atoms with Crippen LogP contribution < -0.4 is 0 Å². The minimum Gasteiger partial charge on any atom is -0.512 e. The van der Waals surface area contributed by atoms with Crippen molar-refractivity contribution < 1.29 is 34.4 Å². The molecule has 1 N–H and O–H groups in total. The summed E-state index contributed by atoms with van der Waals surface area (Å²) in [4.78, 5) is 18.1. The first-order valence-electron chi connectivity index (χ1n) is 20.7. The van der Waals surface area contributed by atoms with E-state index in [0.29, 0.717) is 5.92 Å². The number of aryl methyl sites for hydroxylation is 1. The van der Waals surface area contributed by atoms with Crippen molar-refractivity contribution in [3.05, 3.63) is 101 Å². The van der Waals surface area contributed by atoms with Gasteiger partial charge in [0.15, 0.2) is 5.78 Å². The number of aliphatic hydroxyl groups is 1. The molecule has 0 amide bonds. The predicted octanol–water partition coefficient (Wildman–Crippen LogP) is 15.1. The van der Waals surface area contributed by atoms with Crippen LogP contribution in [0.2, 0.25) is 0 Å². The fraction of sp³-hybridized carbons (Fsp3) is 0.462. The Morgan fingerprint density at radius 1 is 0.719 bits per heavy atom. The molecule has 6 aromatic rings. The van der Waals surface area contributed by atoms with Crippen LogP contribution in [0, 0.1) is 47.5 Å². The van der Waals surface area contributed by atoms with Crippen LogP contribution in [0.3, 0.4) is 0 Å². The minimum atomic E-state index is -0.442. The standard InChI is InChI=1S/C33H30NO.C19H36O2.Ir/c1-19(2)23-12-9-13-25-29-30(34-28-15-14-20(3)16-26(28)32(29)35-31(23)25)22-17-21-10-7-8-11-24(21)27(18-22)33(4,5)6;1-12(2)18(9,13(3)4)16(20)11-17(21)19(10,14(5)6)15(7)8;/h7-16,18-19H,1-6H3;11-15,20H,1-10H3;/q-1;;/b;16-11-;. The molecule has 0 aliphatic heterocycles. The Balaban J connectivity index is 0.000000285. The number of allylic oxidation sites excluding steroid dienone is 2. The summed E-state index contributed by atoms with van der Waals surface area (Å²) >= 11 is 0. The monoisotopic (exact) mass is 945 g/mol. The van der Waals surface area contributed by atoms with Gasteiger partial charge in [-0.3, -0.25) is 9.78 Å². The molecule has 0 saturated carbocycles. The first-order chi connectivity index (χ1) is 26.0. The average Bonchev–Trinajstić information content (AvgIpc) is 3.53. The van der Waals surface area contributed by atoms with E-state index in [1.807, 2.05) is 13.8 Å². The number of carbonyl (C=O) groups is 1. The van der Waals surface area contributed by atoms with E-state index in [-0.39, 0.29) is 66.1 Å². The molecule has 0 spiro atoms. The zero-order valence-electron chi connectivity index (χ0n) is 37.4. The first-order valence-corrected chi connectivity index (χ1v) is 20.7. The van der Waals surface area contributed by atoms with Gasteiger partial charge in [0.1, 0.15) is 16.9 Å². The van der Waals surface area contributed by atoms with Gasteiger partial charge in [0.05, 0.1) is 5.52 Å². The number of pyridine rings is 1. The number of hydrogen-bond acceptors (Lipinski definition) is 4. The number of benzene rings is 4. The molecular weight excluding hydrogens is 879 g/mol. The molecule has 307 valence electrons. The molecule has 1 radical (unpaired) electrons. The number of aliphatic hydroxyl groups excluding tert-OH is 1. The van der Waals surface area contributed by atoms with Gasteiger partial charge in [0.2, 0.25) is 0 Å². The maximum atomic E-state index is 12.8. The Bertz CT molecular complexity index is 2400. The van der Waals surface area contributed by atoms with E-state index >= 15 is 0 Å². The van der Waals surface area contributed by atoms with Gasteiger partial charge in [-0.25, -0.2) is 0 Å². The van der Waals surface area contributed by atoms with E-state index in [9.17, 15) is 9.90 Å². The average molecular weight is 945 g/mol.